The van der Waals surface area contributed by atoms with Crippen LogP contribution in [0.2, 0.25) is 0 Å². The zero-order valence-corrected chi connectivity index (χ0v) is 20.1. The second-order valence-corrected chi connectivity index (χ2v) is 8.10. The highest BCUT2D eigenvalue weighted by Crippen LogP contribution is 2.28. The molecule has 3 aromatic rings. The Kier molecular flexibility index (Phi) is 9.04. The first kappa shape index (κ1) is 24.5. The summed E-state index contributed by atoms with van der Waals surface area (Å²) < 4.78 is 7.84. The molecule has 8 nitrogen and oxygen atoms in total. The number of ether oxygens (including phenoxy) is 1. The van der Waals surface area contributed by atoms with E-state index in [9.17, 15) is 4.79 Å². The molecule has 1 aromatic carbocycles. The zero-order chi connectivity index (χ0) is 23.6. The predicted molar refractivity (Wildman–Crippen MR) is 132 cm³/mol. The van der Waals surface area contributed by atoms with Gasteiger partial charge < -0.3 is 19.1 Å². The van der Waals surface area contributed by atoms with Gasteiger partial charge in [0.2, 0.25) is 0 Å². The fourth-order valence-electron chi connectivity index (χ4n) is 3.82. The fourth-order valence-corrected chi connectivity index (χ4v) is 3.82. The average molecular weight is 454 g/mol. The first-order valence-electron chi connectivity index (χ1n) is 12.0. The molecule has 0 radical (unpaired) electrons. The largest absolute Gasteiger partial charge is 0.493 e. The summed E-state index contributed by atoms with van der Waals surface area (Å²) in [6.07, 6.45) is 7.99. The molecule has 0 saturated carbocycles. The maximum Gasteiger partial charge on any atom is 0.279 e. The summed E-state index contributed by atoms with van der Waals surface area (Å²) in [6.45, 7) is 9.21. The number of oxime groups is 1. The second kappa shape index (κ2) is 12.2. The molecule has 0 aliphatic carbocycles. The predicted octanol–water partition coefficient (Wildman–Crippen LogP) is 5.50. The summed E-state index contributed by atoms with van der Waals surface area (Å²) in [6, 6.07) is 7.52. The van der Waals surface area contributed by atoms with E-state index < -0.39 is 0 Å². The number of nitrogens with one attached hydrogen (secondary N) is 1. The van der Waals surface area contributed by atoms with Crippen LogP contribution in [0, 0.1) is 0 Å². The summed E-state index contributed by atoms with van der Waals surface area (Å²) in [7, 11) is 0. The highest BCUT2D eigenvalue weighted by molar-refractivity contribution is 5.87. The summed E-state index contributed by atoms with van der Waals surface area (Å²) in [5, 5.41) is 4.29. The van der Waals surface area contributed by atoms with E-state index in [4.69, 9.17) is 14.6 Å². The van der Waals surface area contributed by atoms with E-state index >= 15 is 0 Å². The number of fused-ring (bicyclic) bond motifs is 1. The van der Waals surface area contributed by atoms with Crippen LogP contribution >= 0.6 is 0 Å². The Morgan fingerprint density at radius 2 is 1.97 bits per heavy atom. The van der Waals surface area contributed by atoms with Crippen molar-refractivity contribution in [1.29, 1.82) is 0 Å². The summed E-state index contributed by atoms with van der Waals surface area (Å²) in [4.78, 5) is 30.3. The molecule has 3 rings (SSSR count). The zero-order valence-electron chi connectivity index (χ0n) is 20.1. The van der Waals surface area contributed by atoms with Crippen LogP contribution in [0.5, 0.6) is 5.75 Å². The van der Waals surface area contributed by atoms with Crippen LogP contribution < -0.4 is 10.3 Å². The molecular formula is C25H35N5O3. The maximum atomic E-state index is 12.9. The number of rotatable bonds is 13. The Morgan fingerprint density at radius 1 is 1.15 bits per heavy atom. The smallest absolute Gasteiger partial charge is 0.279 e. The number of H-pyrrole nitrogens is 1. The maximum absolute atomic E-state index is 12.9. The lowest BCUT2D eigenvalue weighted by atomic mass is 10.0. The SMILES string of the molecule is CCCCCCC(/C(C)=N/OCC)n1cnc2c(=O)[nH]c(-c3ccccc3OCCC)nc21. The van der Waals surface area contributed by atoms with Crippen LogP contribution in [0.15, 0.2) is 40.5 Å². The molecule has 0 saturated heterocycles. The van der Waals surface area contributed by atoms with Gasteiger partial charge in [0.25, 0.3) is 5.56 Å². The van der Waals surface area contributed by atoms with Gasteiger partial charge >= 0.3 is 0 Å². The van der Waals surface area contributed by atoms with Crippen molar-refractivity contribution in [2.24, 2.45) is 5.16 Å². The highest BCUT2D eigenvalue weighted by atomic mass is 16.6. The van der Waals surface area contributed by atoms with Gasteiger partial charge in [-0.25, -0.2) is 9.97 Å². The number of para-hydroxylation sites is 1. The Morgan fingerprint density at radius 3 is 2.73 bits per heavy atom. The monoisotopic (exact) mass is 453 g/mol. The van der Waals surface area contributed by atoms with Crippen molar-refractivity contribution in [2.45, 2.75) is 72.3 Å². The van der Waals surface area contributed by atoms with Gasteiger partial charge in [0.15, 0.2) is 11.2 Å². The lowest BCUT2D eigenvalue weighted by Gasteiger charge is -2.19. The molecule has 1 N–H and O–H groups in total. The number of hydrogen-bond acceptors (Lipinski definition) is 6. The molecule has 0 amide bonds. The van der Waals surface area contributed by atoms with Gasteiger partial charge in [-0.15, -0.1) is 0 Å². The van der Waals surface area contributed by atoms with Crippen molar-refractivity contribution in [2.75, 3.05) is 13.2 Å². The molecule has 2 heterocycles. The summed E-state index contributed by atoms with van der Waals surface area (Å²) >= 11 is 0. The first-order chi connectivity index (χ1) is 16.1. The van der Waals surface area contributed by atoms with Crippen molar-refractivity contribution in [1.82, 2.24) is 19.5 Å². The third-order valence-corrected chi connectivity index (χ3v) is 5.52. The normalized spacial score (nSPS) is 12.8. The minimum Gasteiger partial charge on any atom is -0.493 e. The molecule has 0 bridgehead atoms. The molecule has 1 unspecified atom stereocenters. The Labute approximate surface area is 195 Å². The van der Waals surface area contributed by atoms with Gasteiger partial charge in [-0.1, -0.05) is 56.8 Å². The molecule has 178 valence electrons. The fraction of sp³-hybridized carbons (Fsp3) is 0.520. The minimum absolute atomic E-state index is 0.0906. The highest BCUT2D eigenvalue weighted by Gasteiger charge is 2.21. The molecular weight excluding hydrogens is 418 g/mol. The van der Waals surface area contributed by atoms with Crippen LogP contribution in [0.1, 0.15) is 72.3 Å². The topological polar surface area (TPSA) is 94.4 Å². The number of aromatic amines is 1. The molecule has 0 spiro atoms. The van der Waals surface area contributed by atoms with Crippen LogP contribution in [0.25, 0.3) is 22.6 Å². The van der Waals surface area contributed by atoms with Gasteiger partial charge in [0.05, 0.1) is 30.3 Å². The molecule has 0 aliphatic heterocycles. The third kappa shape index (κ3) is 6.00. The van der Waals surface area contributed by atoms with Crippen molar-refractivity contribution < 1.29 is 9.57 Å². The van der Waals surface area contributed by atoms with Crippen molar-refractivity contribution in [3.8, 4) is 17.1 Å². The minimum atomic E-state index is -0.275. The third-order valence-electron chi connectivity index (χ3n) is 5.52. The Balaban J connectivity index is 2.06. The molecule has 0 aliphatic rings. The molecule has 33 heavy (non-hydrogen) atoms. The van der Waals surface area contributed by atoms with Crippen LogP contribution in [-0.4, -0.2) is 38.4 Å². The lowest BCUT2D eigenvalue weighted by molar-refractivity contribution is 0.156. The lowest BCUT2D eigenvalue weighted by Crippen LogP contribution is -2.19. The van der Waals surface area contributed by atoms with E-state index in [0.29, 0.717) is 36.0 Å². The van der Waals surface area contributed by atoms with Crippen molar-refractivity contribution >= 4 is 16.9 Å². The standard InChI is InChI=1S/C25H35N5O3/c1-5-8-9-10-14-20(18(4)29-33-7-3)30-17-26-22-24(30)27-23(28-25(22)31)19-13-11-12-15-21(19)32-16-6-2/h11-13,15,17,20H,5-10,14,16H2,1-4H3,(H,27,28,31)/b29-18+. The van der Waals surface area contributed by atoms with Gasteiger partial charge in [-0.3, -0.25) is 4.79 Å². The number of hydrogen-bond donors (Lipinski definition) is 1. The average Bonchev–Trinajstić information content (AvgIpc) is 3.25. The van der Waals surface area contributed by atoms with Gasteiger partial charge in [-0.2, -0.15) is 0 Å². The van der Waals surface area contributed by atoms with E-state index in [0.717, 1.165) is 37.0 Å². The quantitative estimate of drug-likeness (QED) is 0.209. The first-order valence-corrected chi connectivity index (χ1v) is 12.0. The van der Waals surface area contributed by atoms with Crippen molar-refractivity contribution in [3.05, 3.63) is 40.9 Å². The van der Waals surface area contributed by atoms with E-state index in [1.165, 1.54) is 12.8 Å². The number of benzene rings is 1. The molecule has 8 heteroatoms. The van der Waals surface area contributed by atoms with E-state index in [1.54, 1.807) is 6.33 Å². The van der Waals surface area contributed by atoms with Crippen LogP contribution in [0.3, 0.4) is 0 Å². The van der Waals surface area contributed by atoms with E-state index in [1.807, 2.05) is 42.7 Å². The molecule has 1 atom stereocenters. The second-order valence-electron chi connectivity index (χ2n) is 8.10. The molecule has 0 fully saturated rings. The van der Waals surface area contributed by atoms with Crippen molar-refractivity contribution in [3.63, 3.8) is 0 Å². The number of aromatic nitrogens is 4. The Bertz CT molecular complexity index is 1120. The van der Waals surface area contributed by atoms with Gasteiger partial charge in [0, 0.05) is 0 Å². The van der Waals surface area contributed by atoms with E-state index in [-0.39, 0.29) is 11.6 Å². The summed E-state index contributed by atoms with van der Waals surface area (Å²) in [5.74, 6) is 1.16. The number of nitrogens with zero attached hydrogens (tertiary/aromatic N) is 4. The van der Waals surface area contributed by atoms with Crippen LogP contribution in [0.4, 0.5) is 0 Å². The Hall–Kier alpha value is -3.16. The van der Waals surface area contributed by atoms with Gasteiger partial charge in [-0.05, 0) is 38.8 Å². The number of imidazole rings is 1. The van der Waals surface area contributed by atoms with Crippen LogP contribution in [-0.2, 0) is 4.84 Å². The molecule has 2 aromatic heterocycles. The summed E-state index contributed by atoms with van der Waals surface area (Å²) in [5.41, 5.74) is 2.15. The van der Waals surface area contributed by atoms with Gasteiger partial charge in [0.1, 0.15) is 18.2 Å². The van der Waals surface area contributed by atoms with E-state index in [2.05, 4.69) is 29.0 Å². The number of unbranched alkanes of at least 4 members (excludes halogenated alkanes) is 3.